The smallest absolute Gasteiger partial charge is 0.215 e. The number of sulfonamides is 1. The molecule has 0 radical (unpaired) electrons. The second-order valence-corrected chi connectivity index (χ2v) is 6.33. The number of hydrogen-bond acceptors (Lipinski definition) is 4. The Balaban J connectivity index is 2.42. The van der Waals surface area contributed by atoms with Crippen LogP contribution >= 0.6 is 0 Å². The zero-order chi connectivity index (χ0) is 12.0. The molecule has 0 amide bonds. The lowest BCUT2D eigenvalue weighted by molar-refractivity contribution is 0.0773. The van der Waals surface area contributed by atoms with Crippen LogP contribution < -0.4 is 10.0 Å². The van der Waals surface area contributed by atoms with Crippen LogP contribution in [0.1, 0.15) is 26.7 Å². The minimum absolute atomic E-state index is 0.0529. The third-order valence-corrected chi connectivity index (χ3v) is 4.59. The van der Waals surface area contributed by atoms with Gasteiger partial charge in [-0.05, 0) is 26.3 Å². The first-order chi connectivity index (χ1) is 7.56. The molecule has 1 aliphatic rings. The number of hydrogen-bond donors (Lipinski definition) is 2. The van der Waals surface area contributed by atoms with Gasteiger partial charge in [0.05, 0.1) is 11.9 Å². The Labute approximate surface area is 98.0 Å². The minimum atomic E-state index is -3.22. The summed E-state index contributed by atoms with van der Waals surface area (Å²) in [5, 5.41) is 2.63. The molecule has 1 saturated heterocycles. The Morgan fingerprint density at radius 3 is 2.81 bits per heavy atom. The maximum atomic E-state index is 11.9. The van der Waals surface area contributed by atoms with Crippen LogP contribution in [-0.4, -0.2) is 46.0 Å². The van der Waals surface area contributed by atoms with E-state index < -0.39 is 15.3 Å². The summed E-state index contributed by atoms with van der Waals surface area (Å²) < 4.78 is 31.8. The fraction of sp³-hybridized carbons (Fsp3) is 1.00. The number of ether oxygens (including phenoxy) is 1. The SMILES string of the molecule is CCNCC(C)S(=O)(=O)NC1CCCOC1. The fourth-order valence-corrected chi connectivity index (χ4v) is 2.86. The average molecular weight is 250 g/mol. The molecule has 1 rings (SSSR count). The first kappa shape index (κ1) is 13.9. The summed E-state index contributed by atoms with van der Waals surface area (Å²) in [6.45, 7) is 6.18. The molecule has 0 aromatic carbocycles. The number of nitrogens with one attached hydrogen (secondary N) is 2. The zero-order valence-corrected chi connectivity index (χ0v) is 10.8. The second kappa shape index (κ2) is 6.54. The highest BCUT2D eigenvalue weighted by molar-refractivity contribution is 7.90. The lowest BCUT2D eigenvalue weighted by Crippen LogP contribution is -2.46. The summed E-state index contributed by atoms with van der Waals surface area (Å²) >= 11 is 0. The van der Waals surface area contributed by atoms with E-state index in [4.69, 9.17) is 4.74 Å². The van der Waals surface area contributed by atoms with E-state index in [9.17, 15) is 8.42 Å². The largest absolute Gasteiger partial charge is 0.380 e. The van der Waals surface area contributed by atoms with E-state index in [0.29, 0.717) is 13.2 Å². The molecule has 16 heavy (non-hydrogen) atoms. The predicted octanol–water partition coefficient (Wildman–Crippen LogP) is 0.0828. The van der Waals surface area contributed by atoms with Crippen LogP contribution in [0.2, 0.25) is 0 Å². The van der Waals surface area contributed by atoms with Gasteiger partial charge >= 0.3 is 0 Å². The highest BCUT2D eigenvalue weighted by Gasteiger charge is 2.25. The zero-order valence-electron chi connectivity index (χ0n) is 10.0. The molecule has 2 atom stereocenters. The van der Waals surface area contributed by atoms with Crippen molar-refractivity contribution in [1.82, 2.24) is 10.0 Å². The van der Waals surface area contributed by atoms with Crippen molar-refractivity contribution in [2.24, 2.45) is 0 Å². The van der Waals surface area contributed by atoms with Crippen LogP contribution in [0.15, 0.2) is 0 Å². The Bertz CT molecular complexity index is 286. The molecule has 1 fully saturated rings. The normalized spacial score (nSPS) is 24.2. The molecule has 2 unspecified atom stereocenters. The fourth-order valence-electron chi connectivity index (χ4n) is 1.64. The molecule has 2 N–H and O–H groups in total. The van der Waals surface area contributed by atoms with Crippen LogP contribution in [-0.2, 0) is 14.8 Å². The Morgan fingerprint density at radius 2 is 2.25 bits per heavy atom. The lowest BCUT2D eigenvalue weighted by Gasteiger charge is -2.24. The Hall–Kier alpha value is -0.170. The molecule has 0 saturated carbocycles. The van der Waals surface area contributed by atoms with Crippen LogP contribution in [0.4, 0.5) is 0 Å². The van der Waals surface area contributed by atoms with Crippen molar-refractivity contribution >= 4 is 10.0 Å². The maximum Gasteiger partial charge on any atom is 0.215 e. The molecule has 5 nitrogen and oxygen atoms in total. The molecule has 0 aliphatic carbocycles. The van der Waals surface area contributed by atoms with Crippen molar-refractivity contribution in [2.45, 2.75) is 38.0 Å². The monoisotopic (exact) mass is 250 g/mol. The summed E-state index contributed by atoms with van der Waals surface area (Å²) in [6.07, 6.45) is 1.79. The molecule has 0 bridgehead atoms. The van der Waals surface area contributed by atoms with E-state index in [2.05, 4.69) is 10.0 Å². The highest BCUT2D eigenvalue weighted by Crippen LogP contribution is 2.08. The summed E-state index contributed by atoms with van der Waals surface area (Å²) in [4.78, 5) is 0. The van der Waals surface area contributed by atoms with Crippen LogP contribution in [0.25, 0.3) is 0 Å². The molecule has 6 heteroatoms. The van der Waals surface area contributed by atoms with Gasteiger partial charge in [0, 0.05) is 19.2 Å². The van der Waals surface area contributed by atoms with E-state index >= 15 is 0 Å². The quantitative estimate of drug-likeness (QED) is 0.701. The van der Waals surface area contributed by atoms with E-state index in [1.54, 1.807) is 6.92 Å². The minimum Gasteiger partial charge on any atom is -0.380 e. The van der Waals surface area contributed by atoms with E-state index in [1.807, 2.05) is 6.92 Å². The maximum absolute atomic E-state index is 11.9. The summed E-state index contributed by atoms with van der Waals surface area (Å²) in [6, 6.07) is -0.0529. The average Bonchev–Trinajstić information content (AvgIpc) is 2.26. The molecule has 0 aromatic rings. The topological polar surface area (TPSA) is 67.4 Å². The molecular weight excluding hydrogens is 228 g/mol. The first-order valence-corrected chi connectivity index (χ1v) is 7.40. The third-order valence-electron chi connectivity index (χ3n) is 2.70. The molecule has 0 aromatic heterocycles. The molecule has 0 spiro atoms. The van der Waals surface area contributed by atoms with E-state index in [0.717, 1.165) is 26.0 Å². The van der Waals surface area contributed by atoms with Gasteiger partial charge in [0.25, 0.3) is 0 Å². The summed E-state index contributed by atoms with van der Waals surface area (Å²) in [7, 11) is -3.22. The molecule has 96 valence electrons. The first-order valence-electron chi connectivity index (χ1n) is 5.86. The van der Waals surface area contributed by atoms with Gasteiger partial charge < -0.3 is 10.1 Å². The van der Waals surface area contributed by atoms with Gasteiger partial charge in [-0.3, -0.25) is 0 Å². The van der Waals surface area contributed by atoms with E-state index in [1.165, 1.54) is 0 Å². The second-order valence-electron chi connectivity index (χ2n) is 4.20. The van der Waals surface area contributed by atoms with Crippen molar-refractivity contribution in [3.63, 3.8) is 0 Å². The third kappa shape index (κ3) is 4.37. The standard InChI is InChI=1S/C10H22N2O3S/c1-3-11-7-9(2)16(13,14)12-10-5-4-6-15-8-10/h9-12H,3-8H2,1-2H3. The van der Waals surface area contributed by atoms with Gasteiger partial charge in [0.2, 0.25) is 10.0 Å². The Morgan fingerprint density at radius 1 is 1.50 bits per heavy atom. The van der Waals surface area contributed by atoms with Crippen molar-refractivity contribution in [3.8, 4) is 0 Å². The van der Waals surface area contributed by atoms with Gasteiger partial charge in [-0.25, -0.2) is 13.1 Å². The summed E-state index contributed by atoms with van der Waals surface area (Å²) in [5.74, 6) is 0. The van der Waals surface area contributed by atoms with Gasteiger partial charge in [0.1, 0.15) is 0 Å². The van der Waals surface area contributed by atoms with Crippen LogP contribution in [0.3, 0.4) is 0 Å². The predicted molar refractivity (Wildman–Crippen MR) is 63.9 cm³/mol. The van der Waals surface area contributed by atoms with Crippen molar-refractivity contribution < 1.29 is 13.2 Å². The van der Waals surface area contributed by atoms with Gasteiger partial charge in [-0.1, -0.05) is 6.92 Å². The van der Waals surface area contributed by atoms with Gasteiger partial charge in [-0.15, -0.1) is 0 Å². The van der Waals surface area contributed by atoms with Crippen LogP contribution in [0, 0.1) is 0 Å². The van der Waals surface area contributed by atoms with Crippen molar-refractivity contribution in [3.05, 3.63) is 0 Å². The molecule has 1 aliphatic heterocycles. The molecular formula is C10H22N2O3S. The van der Waals surface area contributed by atoms with Crippen molar-refractivity contribution in [2.75, 3.05) is 26.3 Å². The highest BCUT2D eigenvalue weighted by atomic mass is 32.2. The number of rotatable bonds is 6. The van der Waals surface area contributed by atoms with Crippen molar-refractivity contribution in [1.29, 1.82) is 0 Å². The lowest BCUT2D eigenvalue weighted by atomic mass is 10.1. The Kier molecular flexibility index (Phi) is 5.68. The summed E-state index contributed by atoms with van der Waals surface area (Å²) in [5.41, 5.74) is 0. The molecule has 1 heterocycles. The van der Waals surface area contributed by atoms with Gasteiger partial charge in [-0.2, -0.15) is 0 Å². The van der Waals surface area contributed by atoms with Crippen LogP contribution in [0.5, 0.6) is 0 Å². The van der Waals surface area contributed by atoms with E-state index in [-0.39, 0.29) is 6.04 Å². The van der Waals surface area contributed by atoms with Gasteiger partial charge in [0.15, 0.2) is 0 Å².